The van der Waals surface area contributed by atoms with Crippen molar-refractivity contribution >= 4 is 40.8 Å². The minimum absolute atomic E-state index is 0.0912. The summed E-state index contributed by atoms with van der Waals surface area (Å²) < 4.78 is 5.04. The number of hydrogen-bond donors (Lipinski definition) is 0. The van der Waals surface area contributed by atoms with Crippen LogP contribution in [-0.2, 0) is 9.53 Å². The molecule has 0 aliphatic heterocycles. The molecular formula is C17H16Cl2N2O3. The number of esters is 1. The Bertz CT molecular complexity index is 736. The molecule has 0 unspecified atom stereocenters. The second-order valence-electron chi connectivity index (χ2n) is 5.23. The van der Waals surface area contributed by atoms with E-state index in [1.165, 1.54) is 12.1 Å². The van der Waals surface area contributed by atoms with Crippen molar-refractivity contribution in [3.8, 4) is 0 Å². The lowest BCUT2D eigenvalue weighted by Crippen LogP contribution is -2.40. The number of halogens is 2. The molecule has 1 heterocycles. The molecule has 1 amide bonds. The molecule has 0 aliphatic rings. The lowest BCUT2D eigenvalue weighted by molar-refractivity contribution is -0.122. The van der Waals surface area contributed by atoms with Gasteiger partial charge in [-0.2, -0.15) is 0 Å². The Morgan fingerprint density at radius 3 is 2.42 bits per heavy atom. The molecule has 0 fully saturated rings. The number of pyridine rings is 1. The number of nitrogens with zero attached hydrogens (tertiary/aromatic N) is 2. The van der Waals surface area contributed by atoms with Gasteiger partial charge < -0.3 is 9.64 Å². The van der Waals surface area contributed by atoms with Crippen LogP contribution >= 0.6 is 23.2 Å². The monoisotopic (exact) mass is 366 g/mol. The fourth-order valence-corrected chi connectivity index (χ4v) is 2.48. The summed E-state index contributed by atoms with van der Waals surface area (Å²) >= 11 is 11.6. The molecule has 0 bridgehead atoms. The molecule has 0 atom stereocenters. The highest BCUT2D eigenvalue weighted by molar-refractivity contribution is 6.34. The average molecular weight is 367 g/mol. The predicted octanol–water partition coefficient (Wildman–Crippen LogP) is 3.99. The molecular weight excluding hydrogens is 351 g/mol. The molecule has 5 nitrogen and oxygen atoms in total. The Labute approximate surface area is 150 Å². The van der Waals surface area contributed by atoms with Crippen LogP contribution in [0, 0.1) is 0 Å². The van der Waals surface area contributed by atoms with Crippen LogP contribution in [0.3, 0.4) is 0 Å². The van der Waals surface area contributed by atoms with E-state index >= 15 is 0 Å². The first-order valence-electron chi connectivity index (χ1n) is 7.26. The molecule has 2 rings (SSSR count). The second-order valence-corrected chi connectivity index (χ2v) is 6.03. The summed E-state index contributed by atoms with van der Waals surface area (Å²) in [5.41, 5.74) is 0.611. The Kier molecular flexibility index (Phi) is 6.17. The van der Waals surface area contributed by atoms with Crippen LogP contribution in [0.2, 0.25) is 10.2 Å². The first kappa shape index (κ1) is 18.2. The summed E-state index contributed by atoms with van der Waals surface area (Å²) in [4.78, 5) is 29.9. The molecule has 0 saturated heterocycles. The maximum atomic E-state index is 12.4. The minimum atomic E-state index is -0.799. The van der Waals surface area contributed by atoms with Gasteiger partial charge in [0.15, 0.2) is 12.3 Å². The van der Waals surface area contributed by atoms with Crippen molar-refractivity contribution in [2.24, 2.45) is 0 Å². The highest BCUT2D eigenvalue weighted by Crippen LogP contribution is 2.19. The number of anilines is 1. The Hall–Kier alpha value is -2.11. The summed E-state index contributed by atoms with van der Waals surface area (Å²) in [5.74, 6) is -1.14. The zero-order chi connectivity index (χ0) is 17.7. The number of rotatable bonds is 5. The van der Waals surface area contributed by atoms with Gasteiger partial charge >= 0.3 is 5.97 Å². The lowest BCUT2D eigenvalue weighted by atomic mass is 10.2. The van der Waals surface area contributed by atoms with Crippen LogP contribution in [0.1, 0.15) is 24.3 Å². The van der Waals surface area contributed by atoms with E-state index in [1.807, 2.05) is 44.2 Å². The van der Waals surface area contributed by atoms with E-state index in [1.54, 1.807) is 4.90 Å². The highest BCUT2D eigenvalue weighted by atomic mass is 35.5. The van der Waals surface area contributed by atoms with E-state index in [9.17, 15) is 9.59 Å². The van der Waals surface area contributed by atoms with Crippen molar-refractivity contribution in [3.05, 3.63) is 58.3 Å². The third-order valence-corrected chi connectivity index (χ3v) is 3.67. The molecule has 1 aromatic carbocycles. The van der Waals surface area contributed by atoms with Crippen LogP contribution in [0.25, 0.3) is 0 Å². The Morgan fingerprint density at radius 1 is 1.12 bits per heavy atom. The molecule has 126 valence electrons. The Morgan fingerprint density at radius 2 is 1.79 bits per heavy atom. The highest BCUT2D eigenvalue weighted by Gasteiger charge is 2.22. The average Bonchev–Trinajstić information content (AvgIpc) is 2.55. The third-order valence-electron chi connectivity index (χ3n) is 3.15. The number of carbonyl (C=O) groups excluding carboxylic acids is 2. The molecule has 2 aromatic rings. The molecule has 0 radical (unpaired) electrons. The van der Waals surface area contributed by atoms with Crippen LogP contribution in [-0.4, -0.2) is 29.5 Å². The van der Waals surface area contributed by atoms with Crippen molar-refractivity contribution in [1.29, 1.82) is 0 Å². The molecule has 0 N–H and O–H groups in total. The zero-order valence-electron chi connectivity index (χ0n) is 13.2. The number of amides is 1. The van der Waals surface area contributed by atoms with E-state index in [0.29, 0.717) is 0 Å². The van der Waals surface area contributed by atoms with E-state index in [0.717, 1.165) is 5.69 Å². The van der Waals surface area contributed by atoms with Crippen molar-refractivity contribution in [3.63, 3.8) is 0 Å². The topological polar surface area (TPSA) is 59.5 Å². The summed E-state index contributed by atoms with van der Waals surface area (Å²) in [7, 11) is 0. The van der Waals surface area contributed by atoms with Gasteiger partial charge in [-0.1, -0.05) is 41.4 Å². The fourth-order valence-electron chi connectivity index (χ4n) is 2.15. The smallest absolute Gasteiger partial charge is 0.359 e. The standard InChI is InChI=1S/C17H16Cl2N2O3/c1-11(2)21(12-6-4-3-5-7-12)15(22)10-24-17(23)16-13(18)8-9-14(19)20-16/h3-9,11H,10H2,1-2H3. The fraction of sp³-hybridized carbons (Fsp3) is 0.235. The van der Waals surface area contributed by atoms with Crippen LogP contribution < -0.4 is 4.90 Å². The van der Waals surface area contributed by atoms with Gasteiger partial charge in [0, 0.05) is 11.7 Å². The summed E-state index contributed by atoms with van der Waals surface area (Å²) in [5, 5.41) is 0.228. The number of para-hydroxylation sites is 1. The number of benzene rings is 1. The largest absolute Gasteiger partial charge is 0.451 e. The van der Waals surface area contributed by atoms with Gasteiger partial charge in [-0.15, -0.1) is 0 Å². The third kappa shape index (κ3) is 4.46. The van der Waals surface area contributed by atoms with Crippen molar-refractivity contribution in [2.45, 2.75) is 19.9 Å². The van der Waals surface area contributed by atoms with E-state index in [-0.39, 0.29) is 27.8 Å². The van der Waals surface area contributed by atoms with Crippen molar-refractivity contribution in [2.75, 3.05) is 11.5 Å². The van der Waals surface area contributed by atoms with Gasteiger partial charge in [0.2, 0.25) is 0 Å². The van der Waals surface area contributed by atoms with Crippen LogP contribution in [0.4, 0.5) is 5.69 Å². The molecule has 7 heteroatoms. The van der Waals surface area contributed by atoms with Gasteiger partial charge in [0.1, 0.15) is 5.15 Å². The molecule has 0 aliphatic carbocycles. The Balaban J connectivity index is 2.08. The first-order chi connectivity index (χ1) is 11.4. The van der Waals surface area contributed by atoms with Crippen molar-refractivity contribution in [1.82, 2.24) is 4.98 Å². The molecule has 24 heavy (non-hydrogen) atoms. The SMILES string of the molecule is CC(C)N(C(=O)COC(=O)c1nc(Cl)ccc1Cl)c1ccccc1. The summed E-state index contributed by atoms with van der Waals surface area (Å²) in [6.45, 7) is 3.33. The van der Waals surface area contributed by atoms with Crippen LogP contribution in [0.15, 0.2) is 42.5 Å². The molecule has 1 aromatic heterocycles. The number of hydrogen-bond acceptors (Lipinski definition) is 4. The molecule has 0 spiro atoms. The van der Waals surface area contributed by atoms with Gasteiger partial charge in [-0.3, -0.25) is 4.79 Å². The first-order valence-corrected chi connectivity index (χ1v) is 8.02. The van der Waals surface area contributed by atoms with Gasteiger partial charge in [0.05, 0.1) is 5.02 Å². The maximum Gasteiger partial charge on any atom is 0.359 e. The van der Waals surface area contributed by atoms with Gasteiger partial charge in [-0.25, -0.2) is 9.78 Å². The predicted molar refractivity (Wildman–Crippen MR) is 93.6 cm³/mol. The number of ether oxygens (including phenoxy) is 1. The molecule has 0 saturated carbocycles. The summed E-state index contributed by atoms with van der Waals surface area (Å²) in [6.07, 6.45) is 0. The van der Waals surface area contributed by atoms with E-state index < -0.39 is 12.6 Å². The maximum absolute atomic E-state index is 12.4. The lowest BCUT2D eigenvalue weighted by Gasteiger charge is -2.26. The normalized spacial score (nSPS) is 10.5. The van der Waals surface area contributed by atoms with Gasteiger partial charge in [0.25, 0.3) is 5.91 Å². The van der Waals surface area contributed by atoms with E-state index in [4.69, 9.17) is 27.9 Å². The van der Waals surface area contributed by atoms with E-state index in [2.05, 4.69) is 4.98 Å². The zero-order valence-corrected chi connectivity index (χ0v) is 14.7. The quantitative estimate of drug-likeness (QED) is 0.592. The minimum Gasteiger partial charge on any atom is -0.451 e. The second kappa shape index (κ2) is 8.13. The van der Waals surface area contributed by atoms with Gasteiger partial charge in [-0.05, 0) is 38.1 Å². The van der Waals surface area contributed by atoms with Crippen LogP contribution in [0.5, 0.6) is 0 Å². The van der Waals surface area contributed by atoms with Crippen molar-refractivity contribution < 1.29 is 14.3 Å². The summed E-state index contributed by atoms with van der Waals surface area (Å²) in [6, 6.07) is 12.0. The number of aromatic nitrogens is 1. The number of carbonyl (C=O) groups is 2.